The van der Waals surface area contributed by atoms with Crippen LogP contribution in [0.3, 0.4) is 0 Å². The van der Waals surface area contributed by atoms with Gasteiger partial charge in [0.05, 0.1) is 16.3 Å². The van der Waals surface area contributed by atoms with Crippen LogP contribution in [0.15, 0.2) is 52.3 Å². The molecule has 1 unspecified atom stereocenters. The highest BCUT2D eigenvalue weighted by Gasteiger charge is 2.55. The largest absolute Gasteiger partial charge is 0.426 e. The molecule has 0 spiro atoms. The fourth-order valence-corrected chi connectivity index (χ4v) is 3.03. The summed E-state index contributed by atoms with van der Waals surface area (Å²) in [7, 11) is 0. The Bertz CT molecular complexity index is 865. The smallest absolute Gasteiger partial charge is 0.373 e. The number of rotatable bonds is 4. The molecule has 152 valence electrons. The van der Waals surface area contributed by atoms with Gasteiger partial charge in [0.25, 0.3) is 5.91 Å². The first-order valence-corrected chi connectivity index (χ1v) is 8.66. The lowest BCUT2D eigenvalue weighted by Crippen LogP contribution is -2.52. The molecule has 0 radical (unpaired) electrons. The minimum absolute atomic E-state index is 0.108. The van der Waals surface area contributed by atoms with Gasteiger partial charge in [-0.1, -0.05) is 23.4 Å². The van der Waals surface area contributed by atoms with Gasteiger partial charge in [0.15, 0.2) is 0 Å². The zero-order chi connectivity index (χ0) is 21.3. The second-order valence-corrected chi connectivity index (χ2v) is 7.34. The monoisotopic (exact) mass is 443 g/mol. The Morgan fingerprint density at radius 3 is 2.00 bits per heavy atom. The molecular formula is C17H12ClF6NO2S. The molecule has 0 bridgehead atoms. The number of aliphatic hydroxyl groups is 1. The molecule has 1 amide bonds. The van der Waals surface area contributed by atoms with Crippen molar-refractivity contribution in [2.24, 2.45) is 0 Å². The summed E-state index contributed by atoms with van der Waals surface area (Å²) in [5.41, 5.74) is -4.57. The number of carbonyl (C=O) groups excluding carboxylic acids is 1. The number of benzene rings is 2. The van der Waals surface area contributed by atoms with Crippen LogP contribution in [0.5, 0.6) is 0 Å². The number of carbonyl (C=O) groups is 1. The van der Waals surface area contributed by atoms with E-state index in [-0.39, 0.29) is 10.7 Å². The van der Waals surface area contributed by atoms with Crippen molar-refractivity contribution in [2.45, 2.75) is 34.7 Å². The standard InChI is InChI=1S/C17H12ClF6NO2S/c1-15(27,17(22,23)24)14(26)25-13-7-6-11(8-12(13)18)28-10-4-2-9(3-5-10)16(19,20)21/h2-8,27H,1H3,(H,25,26). The first-order chi connectivity index (χ1) is 12.7. The average Bonchev–Trinajstić information content (AvgIpc) is 2.56. The van der Waals surface area contributed by atoms with E-state index in [1.165, 1.54) is 30.3 Å². The quantitative estimate of drug-likeness (QED) is 0.590. The minimum Gasteiger partial charge on any atom is -0.373 e. The first-order valence-electron chi connectivity index (χ1n) is 7.47. The molecule has 1 atom stereocenters. The number of alkyl halides is 6. The fourth-order valence-electron chi connectivity index (χ4n) is 1.88. The minimum atomic E-state index is -5.18. The normalized spacial score (nSPS) is 14.5. The highest BCUT2D eigenvalue weighted by Crippen LogP contribution is 2.36. The van der Waals surface area contributed by atoms with Gasteiger partial charge in [-0.05, 0) is 49.4 Å². The molecule has 0 saturated carbocycles. The summed E-state index contributed by atoms with van der Waals surface area (Å²) in [5, 5.41) is 11.1. The summed E-state index contributed by atoms with van der Waals surface area (Å²) < 4.78 is 75.7. The molecule has 28 heavy (non-hydrogen) atoms. The molecule has 2 aromatic carbocycles. The van der Waals surface area contributed by atoms with Crippen molar-refractivity contribution in [3.05, 3.63) is 53.1 Å². The van der Waals surface area contributed by atoms with Gasteiger partial charge in [0.1, 0.15) is 0 Å². The summed E-state index contributed by atoms with van der Waals surface area (Å²) in [6.45, 7) is 0.311. The second-order valence-electron chi connectivity index (χ2n) is 5.79. The summed E-state index contributed by atoms with van der Waals surface area (Å²) in [4.78, 5) is 12.6. The Hall–Kier alpha value is -1.91. The van der Waals surface area contributed by atoms with E-state index >= 15 is 0 Å². The maximum atomic E-state index is 12.7. The topological polar surface area (TPSA) is 49.3 Å². The molecule has 0 aromatic heterocycles. The van der Waals surface area contributed by atoms with Crippen molar-refractivity contribution in [1.29, 1.82) is 0 Å². The van der Waals surface area contributed by atoms with Crippen LogP contribution in [0, 0.1) is 0 Å². The van der Waals surface area contributed by atoms with Crippen LogP contribution in [0.1, 0.15) is 12.5 Å². The third kappa shape index (κ3) is 5.12. The molecule has 0 aliphatic heterocycles. The van der Waals surface area contributed by atoms with E-state index in [0.29, 0.717) is 16.7 Å². The molecule has 0 aliphatic carbocycles. The van der Waals surface area contributed by atoms with Crippen molar-refractivity contribution in [1.82, 2.24) is 0 Å². The summed E-state index contributed by atoms with van der Waals surface area (Å²) in [5.74, 6) is -1.70. The van der Waals surface area contributed by atoms with Crippen LogP contribution >= 0.6 is 23.4 Å². The Labute approximate surface area is 164 Å². The van der Waals surface area contributed by atoms with E-state index in [0.717, 1.165) is 23.9 Å². The number of amides is 1. The molecule has 0 heterocycles. The maximum Gasteiger partial charge on any atom is 0.426 e. The molecule has 2 aromatic rings. The third-order valence-corrected chi connectivity index (χ3v) is 4.91. The van der Waals surface area contributed by atoms with Crippen LogP contribution in [0.4, 0.5) is 32.0 Å². The SMILES string of the molecule is CC(O)(C(=O)Nc1ccc(Sc2ccc(C(F)(F)F)cc2)cc1Cl)C(F)(F)F. The van der Waals surface area contributed by atoms with Crippen molar-refractivity contribution < 1.29 is 36.2 Å². The van der Waals surface area contributed by atoms with Gasteiger partial charge in [-0.25, -0.2) is 0 Å². The first kappa shape index (κ1) is 22.4. The number of nitrogens with one attached hydrogen (secondary N) is 1. The lowest BCUT2D eigenvalue weighted by molar-refractivity contribution is -0.242. The second kappa shape index (κ2) is 7.84. The van der Waals surface area contributed by atoms with E-state index in [2.05, 4.69) is 0 Å². The van der Waals surface area contributed by atoms with Gasteiger partial charge in [0, 0.05) is 9.79 Å². The highest BCUT2D eigenvalue weighted by molar-refractivity contribution is 7.99. The Morgan fingerprint density at radius 1 is 1.00 bits per heavy atom. The van der Waals surface area contributed by atoms with E-state index in [1.54, 1.807) is 0 Å². The lowest BCUT2D eigenvalue weighted by Gasteiger charge is -2.25. The zero-order valence-corrected chi connectivity index (χ0v) is 15.5. The van der Waals surface area contributed by atoms with Gasteiger partial charge in [-0.15, -0.1) is 0 Å². The van der Waals surface area contributed by atoms with Crippen LogP contribution in [0.25, 0.3) is 0 Å². The maximum absolute atomic E-state index is 12.7. The number of hydrogen-bond acceptors (Lipinski definition) is 3. The average molecular weight is 444 g/mol. The van der Waals surface area contributed by atoms with Crippen molar-refractivity contribution in [3.8, 4) is 0 Å². The molecule has 0 fully saturated rings. The van der Waals surface area contributed by atoms with Crippen LogP contribution < -0.4 is 5.32 Å². The number of anilines is 1. The van der Waals surface area contributed by atoms with Gasteiger partial charge in [-0.2, -0.15) is 26.3 Å². The molecular weight excluding hydrogens is 432 g/mol. The predicted octanol–water partition coefficient (Wildman–Crippen LogP) is 5.76. The highest BCUT2D eigenvalue weighted by atomic mass is 35.5. The molecule has 11 heteroatoms. The van der Waals surface area contributed by atoms with E-state index < -0.39 is 29.4 Å². The summed E-state index contributed by atoms with van der Waals surface area (Å²) >= 11 is 7.01. The van der Waals surface area contributed by atoms with Gasteiger partial charge in [-0.3, -0.25) is 4.79 Å². The fraction of sp³-hybridized carbons (Fsp3) is 0.235. The van der Waals surface area contributed by atoms with E-state index in [4.69, 9.17) is 11.6 Å². The Morgan fingerprint density at radius 2 is 1.54 bits per heavy atom. The van der Waals surface area contributed by atoms with Crippen molar-refractivity contribution in [3.63, 3.8) is 0 Å². The van der Waals surface area contributed by atoms with Crippen LogP contribution in [0.2, 0.25) is 5.02 Å². The van der Waals surface area contributed by atoms with E-state index in [1.807, 2.05) is 5.32 Å². The zero-order valence-electron chi connectivity index (χ0n) is 14.0. The van der Waals surface area contributed by atoms with E-state index in [9.17, 15) is 36.2 Å². The van der Waals surface area contributed by atoms with Gasteiger partial charge in [0.2, 0.25) is 5.60 Å². The Kier molecular flexibility index (Phi) is 6.27. The van der Waals surface area contributed by atoms with Gasteiger partial charge < -0.3 is 10.4 Å². The lowest BCUT2D eigenvalue weighted by atomic mass is 10.1. The molecule has 2 rings (SSSR count). The van der Waals surface area contributed by atoms with Crippen molar-refractivity contribution in [2.75, 3.05) is 5.32 Å². The molecule has 0 aliphatic rings. The molecule has 3 nitrogen and oxygen atoms in total. The van der Waals surface area contributed by atoms with Gasteiger partial charge >= 0.3 is 12.4 Å². The molecule has 0 saturated heterocycles. The number of hydrogen-bond donors (Lipinski definition) is 2. The molecule has 2 N–H and O–H groups in total. The van der Waals surface area contributed by atoms with Crippen LogP contribution in [-0.2, 0) is 11.0 Å². The third-order valence-electron chi connectivity index (χ3n) is 3.60. The Balaban J connectivity index is 2.13. The summed E-state index contributed by atoms with van der Waals surface area (Å²) in [6, 6.07) is 8.30. The predicted molar refractivity (Wildman–Crippen MR) is 92.3 cm³/mol. The van der Waals surface area contributed by atoms with Crippen LogP contribution in [-0.4, -0.2) is 22.8 Å². The van der Waals surface area contributed by atoms with Crippen molar-refractivity contribution >= 4 is 35.0 Å². The number of halogens is 7. The summed E-state index contributed by atoms with van der Waals surface area (Å²) in [6.07, 6.45) is -9.63.